The molecule has 1 aliphatic rings. The first-order valence-electron chi connectivity index (χ1n) is 6.53. The van der Waals surface area contributed by atoms with Gasteiger partial charge in [-0.05, 0) is 43.2 Å². The van der Waals surface area contributed by atoms with E-state index in [2.05, 4.69) is 6.07 Å². The summed E-state index contributed by atoms with van der Waals surface area (Å²) in [7, 11) is 1.78. The van der Waals surface area contributed by atoms with E-state index >= 15 is 0 Å². The van der Waals surface area contributed by atoms with Crippen molar-refractivity contribution in [3.05, 3.63) is 29.8 Å². The van der Waals surface area contributed by atoms with Gasteiger partial charge in [-0.25, -0.2) is 0 Å². The molecule has 1 saturated carbocycles. The number of carbonyl (C=O) groups excluding carboxylic acids is 1. The molecule has 1 fully saturated rings. The quantitative estimate of drug-likeness (QED) is 0.752. The molecule has 0 saturated heterocycles. The minimum Gasteiger partial charge on any atom is -0.486 e. The fourth-order valence-electron chi connectivity index (χ4n) is 2.68. The second-order valence-electron chi connectivity index (χ2n) is 4.72. The molecule has 0 aliphatic heterocycles. The Morgan fingerprint density at radius 3 is 2.61 bits per heavy atom. The third-order valence-corrected chi connectivity index (χ3v) is 3.67. The van der Waals surface area contributed by atoms with Gasteiger partial charge in [0.05, 0.1) is 6.10 Å². The largest absolute Gasteiger partial charge is 0.486 e. The smallest absolute Gasteiger partial charge is 0.157 e. The molecular formula is C15H20O3. The molecule has 18 heavy (non-hydrogen) atoms. The van der Waals surface area contributed by atoms with Crippen LogP contribution < -0.4 is 4.74 Å². The summed E-state index contributed by atoms with van der Waals surface area (Å²) < 4.78 is 10.9. The van der Waals surface area contributed by atoms with Crippen LogP contribution in [-0.2, 0) is 9.53 Å². The van der Waals surface area contributed by atoms with Gasteiger partial charge in [0.2, 0.25) is 0 Å². The zero-order valence-corrected chi connectivity index (χ0v) is 10.8. The second-order valence-corrected chi connectivity index (χ2v) is 4.72. The van der Waals surface area contributed by atoms with Crippen LogP contribution in [0.25, 0.3) is 0 Å². The van der Waals surface area contributed by atoms with Crippen LogP contribution >= 0.6 is 0 Å². The lowest BCUT2D eigenvalue weighted by atomic mass is 9.82. The van der Waals surface area contributed by atoms with E-state index < -0.39 is 0 Å². The summed E-state index contributed by atoms with van der Waals surface area (Å²) >= 11 is 0. The van der Waals surface area contributed by atoms with Gasteiger partial charge in [-0.1, -0.05) is 18.2 Å². The topological polar surface area (TPSA) is 35.5 Å². The second kappa shape index (κ2) is 6.55. The average molecular weight is 248 g/mol. The van der Waals surface area contributed by atoms with Crippen LogP contribution in [0.1, 0.15) is 37.2 Å². The number of methoxy groups -OCH3 is 1. The van der Waals surface area contributed by atoms with Gasteiger partial charge in [0.25, 0.3) is 0 Å². The number of carbonyl (C=O) groups is 1. The normalized spacial score (nSPS) is 23.6. The fraction of sp³-hybridized carbons (Fsp3) is 0.533. The van der Waals surface area contributed by atoms with Crippen molar-refractivity contribution in [3.63, 3.8) is 0 Å². The molecule has 0 spiro atoms. The maximum absolute atomic E-state index is 10.4. The molecule has 3 heteroatoms. The molecule has 0 unspecified atom stereocenters. The Kier molecular flexibility index (Phi) is 4.76. The molecule has 0 N–H and O–H groups in total. The summed E-state index contributed by atoms with van der Waals surface area (Å²) in [5, 5.41) is 0. The fourth-order valence-corrected chi connectivity index (χ4v) is 2.68. The summed E-state index contributed by atoms with van der Waals surface area (Å²) in [6, 6.07) is 8.04. The van der Waals surface area contributed by atoms with E-state index in [4.69, 9.17) is 9.47 Å². The first-order valence-corrected chi connectivity index (χ1v) is 6.53. The van der Waals surface area contributed by atoms with Gasteiger partial charge in [0.15, 0.2) is 6.29 Å². The number of benzene rings is 1. The Balaban J connectivity index is 2.06. The van der Waals surface area contributed by atoms with E-state index in [1.807, 2.05) is 18.2 Å². The Morgan fingerprint density at radius 2 is 1.94 bits per heavy atom. The van der Waals surface area contributed by atoms with E-state index in [0.717, 1.165) is 37.7 Å². The third-order valence-electron chi connectivity index (χ3n) is 3.67. The molecular weight excluding hydrogens is 228 g/mol. The Bertz CT molecular complexity index is 381. The van der Waals surface area contributed by atoms with Crippen LogP contribution in [0.15, 0.2) is 24.3 Å². The zero-order valence-electron chi connectivity index (χ0n) is 10.8. The SMILES string of the molecule is COC1CCC(c2ccccc2OCC=O)CC1. The average Bonchev–Trinajstić information content (AvgIpc) is 2.45. The molecule has 0 aromatic heterocycles. The number of hydrogen-bond acceptors (Lipinski definition) is 3. The van der Waals surface area contributed by atoms with Crippen molar-refractivity contribution >= 4 is 6.29 Å². The van der Waals surface area contributed by atoms with Crippen molar-refractivity contribution in [2.75, 3.05) is 13.7 Å². The maximum atomic E-state index is 10.4. The van der Waals surface area contributed by atoms with Crippen LogP contribution in [0.2, 0.25) is 0 Å². The highest BCUT2D eigenvalue weighted by Crippen LogP contribution is 2.37. The van der Waals surface area contributed by atoms with Crippen LogP contribution in [0.4, 0.5) is 0 Å². The summed E-state index contributed by atoms with van der Waals surface area (Å²) in [6.07, 6.45) is 5.65. The van der Waals surface area contributed by atoms with Gasteiger partial charge in [-0.2, -0.15) is 0 Å². The van der Waals surface area contributed by atoms with Crippen LogP contribution in [0.5, 0.6) is 5.75 Å². The van der Waals surface area contributed by atoms with Gasteiger partial charge in [-0.3, -0.25) is 4.79 Å². The highest BCUT2D eigenvalue weighted by atomic mass is 16.5. The van der Waals surface area contributed by atoms with Gasteiger partial charge in [0, 0.05) is 7.11 Å². The monoisotopic (exact) mass is 248 g/mol. The first-order chi connectivity index (χ1) is 8.85. The molecule has 0 amide bonds. The Hall–Kier alpha value is -1.35. The van der Waals surface area contributed by atoms with Crippen LogP contribution in [-0.4, -0.2) is 26.1 Å². The van der Waals surface area contributed by atoms with Crippen molar-refractivity contribution in [1.29, 1.82) is 0 Å². The van der Waals surface area contributed by atoms with E-state index in [9.17, 15) is 4.79 Å². The molecule has 0 radical (unpaired) electrons. The number of para-hydroxylation sites is 1. The third kappa shape index (κ3) is 3.10. The zero-order chi connectivity index (χ0) is 12.8. The lowest BCUT2D eigenvalue weighted by molar-refractivity contribution is -0.109. The van der Waals surface area contributed by atoms with Gasteiger partial charge in [-0.15, -0.1) is 0 Å². The van der Waals surface area contributed by atoms with Gasteiger partial charge in [0.1, 0.15) is 12.4 Å². The van der Waals surface area contributed by atoms with Crippen molar-refractivity contribution < 1.29 is 14.3 Å². The highest BCUT2D eigenvalue weighted by molar-refractivity contribution is 5.52. The minimum atomic E-state index is 0.129. The molecule has 1 aromatic rings. The lowest BCUT2D eigenvalue weighted by Crippen LogP contribution is -2.19. The van der Waals surface area contributed by atoms with Crippen LogP contribution in [0.3, 0.4) is 0 Å². The summed E-state index contributed by atoms with van der Waals surface area (Å²) in [5.74, 6) is 1.38. The highest BCUT2D eigenvalue weighted by Gasteiger charge is 2.24. The van der Waals surface area contributed by atoms with Gasteiger partial charge >= 0.3 is 0 Å². The predicted molar refractivity (Wildman–Crippen MR) is 70.0 cm³/mol. The number of ether oxygens (including phenoxy) is 2. The van der Waals surface area contributed by atoms with Gasteiger partial charge < -0.3 is 9.47 Å². The first kappa shape index (κ1) is 13.1. The van der Waals surface area contributed by atoms with E-state index in [-0.39, 0.29) is 6.61 Å². The molecule has 0 bridgehead atoms. The predicted octanol–water partition coefficient (Wildman–Crippen LogP) is 2.94. The molecule has 0 heterocycles. The van der Waals surface area contributed by atoms with E-state index in [0.29, 0.717) is 12.0 Å². The molecule has 2 rings (SSSR count). The lowest BCUT2D eigenvalue weighted by Gasteiger charge is -2.28. The van der Waals surface area contributed by atoms with Crippen LogP contribution in [0, 0.1) is 0 Å². The molecule has 0 atom stereocenters. The summed E-state index contributed by atoms with van der Waals surface area (Å²) in [4.78, 5) is 10.4. The van der Waals surface area contributed by atoms with Crippen molar-refractivity contribution in [3.8, 4) is 5.75 Å². The van der Waals surface area contributed by atoms with Crippen molar-refractivity contribution in [2.24, 2.45) is 0 Å². The van der Waals surface area contributed by atoms with Crippen molar-refractivity contribution in [2.45, 2.75) is 37.7 Å². The summed E-state index contributed by atoms with van der Waals surface area (Å²) in [5.41, 5.74) is 1.23. The maximum Gasteiger partial charge on any atom is 0.157 e. The number of aldehydes is 1. The standard InChI is InChI=1S/C15H20O3/c1-17-13-8-6-12(7-9-13)14-4-2-3-5-15(14)18-11-10-16/h2-5,10,12-13H,6-9,11H2,1H3. The van der Waals surface area contributed by atoms with Crippen molar-refractivity contribution in [1.82, 2.24) is 0 Å². The molecule has 1 aliphatic carbocycles. The number of hydrogen-bond donors (Lipinski definition) is 0. The van der Waals surface area contributed by atoms with E-state index in [1.54, 1.807) is 7.11 Å². The molecule has 1 aromatic carbocycles. The Morgan fingerprint density at radius 1 is 1.22 bits per heavy atom. The number of rotatable bonds is 5. The minimum absolute atomic E-state index is 0.129. The molecule has 3 nitrogen and oxygen atoms in total. The summed E-state index contributed by atoms with van der Waals surface area (Å²) in [6.45, 7) is 0.129. The Labute approximate surface area is 108 Å². The van der Waals surface area contributed by atoms with E-state index in [1.165, 1.54) is 5.56 Å². The molecule has 98 valence electrons.